The van der Waals surface area contributed by atoms with Crippen LogP contribution in [0.2, 0.25) is 0 Å². The van der Waals surface area contributed by atoms with Crippen LogP contribution >= 0.6 is 0 Å². The zero-order valence-corrected chi connectivity index (χ0v) is 14.7. The third kappa shape index (κ3) is 5.24. The minimum atomic E-state index is -6.63. The maximum absolute atomic E-state index is 13.2. The minimum absolute atomic E-state index is 0.0519. The van der Waals surface area contributed by atoms with Crippen molar-refractivity contribution in [3.8, 4) is 5.75 Å². The van der Waals surface area contributed by atoms with Gasteiger partial charge in [0, 0.05) is 0 Å². The van der Waals surface area contributed by atoms with Crippen molar-refractivity contribution < 1.29 is 44.7 Å². The number of hydrogen-bond donors (Lipinski definition) is 1. The monoisotopic (exact) mass is 440 g/mol. The van der Waals surface area contributed by atoms with Gasteiger partial charge in [-0.3, -0.25) is 4.79 Å². The summed E-state index contributed by atoms with van der Waals surface area (Å²) in [6.07, 6.45) is -5.89. The van der Waals surface area contributed by atoms with Crippen molar-refractivity contribution in [2.24, 2.45) is 5.10 Å². The fraction of sp³-hybridized carbons (Fsp3) is 0.222. The molecular formula is C18H12F8N2O2. The molecule has 0 radical (unpaired) electrons. The lowest BCUT2D eigenvalue weighted by Crippen LogP contribution is -2.58. The smallest absolute Gasteiger partial charge is 0.460 e. The van der Waals surface area contributed by atoms with Crippen LogP contribution in [0.1, 0.15) is 11.1 Å². The molecule has 0 spiro atoms. The molecule has 0 heterocycles. The molecule has 12 heteroatoms. The summed E-state index contributed by atoms with van der Waals surface area (Å²) in [5, 5.41) is 2.97. The zero-order chi connectivity index (χ0) is 22.6. The van der Waals surface area contributed by atoms with Gasteiger partial charge in [-0.2, -0.15) is 35.8 Å². The standard InChI is InChI=1S/C18H12F8N2O2/c19-13-6-4-11(5-7-13)10-30-14-3-1-2-12(8-14)9-27-28-15(29)16(20,21)17(22,23)18(24,25)26/h1-9H,10H2,(H,28,29)/b27-9+. The molecule has 1 N–H and O–H groups in total. The first-order valence-electron chi connectivity index (χ1n) is 7.98. The van der Waals surface area contributed by atoms with Crippen LogP contribution in [0.25, 0.3) is 0 Å². The summed E-state index contributed by atoms with van der Waals surface area (Å²) < 4.78 is 106. The average Bonchev–Trinajstić information content (AvgIpc) is 2.66. The summed E-state index contributed by atoms with van der Waals surface area (Å²) in [7, 11) is 0. The molecule has 0 saturated heterocycles. The summed E-state index contributed by atoms with van der Waals surface area (Å²) in [5.74, 6) is -15.7. The highest BCUT2D eigenvalue weighted by molar-refractivity contribution is 5.87. The molecule has 162 valence electrons. The van der Waals surface area contributed by atoms with E-state index < -0.39 is 29.7 Å². The van der Waals surface area contributed by atoms with Gasteiger partial charge >= 0.3 is 23.9 Å². The van der Waals surface area contributed by atoms with Crippen LogP contribution in [0.3, 0.4) is 0 Å². The topological polar surface area (TPSA) is 50.7 Å². The van der Waals surface area contributed by atoms with Gasteiger partial charge in [0.1, 0.15) is 18.2 Å². The number of alkyl halides is 7. The molecule has 2 aromatic rings. The quantitative estimate of drug-likeness (QED) is 0.386. The first kappa shape index (κ1) is 23.1. The molecule has 0 aliphatic heterocycles. The number of carbonyl (C=O) groups is 1. The number of benzene rings is 2. The lowest BCUT2D eigenvalue weighted by molar-refractivity contribution is -0.344. The van der Waals surface area contributed by atoms with Crippen LogP contribution in [0.5, 0.6) is 5.75 Å². The lowest BCUT2D eigenvalue weighted by Gasteiger charge is -2.26. The highest BCUT2D eigenvalue weighted by atomic mass is 19.4. The number of halogens is 8. The van der Waals surface area contributed by atoms with Crippen LogP contribution < -0.4 is 10.2 Å². The molecule has 2 aromatic carbocycles. The molecule has 0 aliphatic rings. The van der Waals surface area contributed by atoms with E-state index in [9.17, 15) is 39.9 Å². The largest absolute Gasteiger partial charge is 0.489 e. The Labute approximate surface area is 164 Å². The molecule has 2 rings (SSSR count). The number of nitrogens with zero attached hydrogens (tertiary/aromatic N) is 1. The molecule has 0 fully saturated rings. The number of ether oxygens (including phenoxy) is 1. The first-order chi connectivity index (χ1) is 13.8. The van der Waals surface area contributed by atoms with E-state index in [-0.39, 0.29) is 17.9 Å². The van der Waals surface area contributed by atoms with Gasteiger partial charge in [-0.15, -0.1) is 0 Å². The second-order valence-corrected chi connectivity index (χ2v) is 5.83. The van der Waals surface area contributed by atoms with Crippen molar-refractivity contribution in [1.29, 1.82) is 0 Å². The molecule has 0 aliphatic carbocycles. The van der Waals surface area contributed by atoms with E-state index in [0.717, 1.165) is 11.6 Å². The predicted molar refractivity (Wildman–Crippen MR) is 88.9 cm³/mol. The van der Waals surface area contributed by atoms with Gasteiger partial charge < -0.3 is 4.74 Å². The Bertz CT molecular complexity index is 911. The molecule has 4 nitrogen and oxygen atoms in total. The van der Waals surface area contributed by atoms with Gasteiger partial charge in [-0.1, -0.05) is 24.3 Å². The second kappa shape index (κ2) is 8.67. The number of carbonyl (C=O) groups excluding carboxylic acids is 1. The maximum Gasteiger partial charge on any atom is 0.460 e. The fourth-order valence-electron chi connectivity index (χ4n) is 1.99. The van der Waals surface area contributed by atoms with Gasteiger partial charge in [0.25, 0.3) is 0 Å². The van der Waals surface area contributed by atoms with E-state index in [0.29, 0.717) is 5.56 Å². The fourth-order valence-corrected chi connectivity index (χ4v) is 1.99. The third-order valence-electron chi connectivity index (χ3n) is 3.59. The number of rotatable bonds is 7. The van der Waals surface area contributed by atoms with E-state index in [1.807, 2.05) is 0 Å². The summed E-state index contributed by atoms with van der Waals surface area (Å²) in [6.45, 7) is 0.0519. The normalized spacial score (nSPS) is 12.8. The molecule has 0 bridgehead atoms. The SMILES string of the molecule is O=C(N/N=C/c1cccc(OCc2ccc(F)cc2)c1)C(F)(F)C(F)(F)C(F)(F)F. The van der Waals surface area contributed by atoms with Crippen molar-refractivity contribution >= 4 is 12.1 Å². The van der Waals surface area contributed by atoms with Crippen LogP contribution in [0, 0.1) is 5.82 Å². The Morgan fingerprint density at radius 3 is 2.23 bits per heavy atom. The summed E-state index contributed by atoms with van der Waals surface area (Å²) in [6, 6.07) is 11.0. The summed E-state index contributed by atoms with van der Waals surface area (Å²) in [5.41, 5.74) is 1.74. The van der Waals surface area contributed by atoms with Gasteiger partial charge in [0.2, 0.25) is 0 Å². The van der Waals surface area contributed by atoms with E-state index in [4.69, 9.17) is 4.74 Å². The highest BCUT2D eigenvalue weighted by Crippen LogP contribution is 2.46. The zero-order valence-electron chi connectivity index (χ0n) is 14.7. The van der Waals surface area contributed by atoms with Crippen LogP contribution in [-0.2, 0) is 11.4 Å². The summed E-state index contributed by atoms with van der Waals surface area (Å²) in [4.78, 5) is 11.1. The Balaban J connectivity index is 2.00. The number of hydrazone groups is 1. The van der Waals surface area contributed by atoms with E-state index in [2.05, 4.69) is 5.10 Å². The van der Waals surface area contributed by atoms with E-state index in [1.165, 1.54) is 48.5 Å². The first-order valence-corrected chi connectivity index (χ1v) is 7.98. The molecule has 30 heavy (non-hydrogen) atoms. The van der Waals surface area contributed by atoms with Crippen LogP contribution in [-0.4, -0.2) is 30.1 Å². The van der Waals surface area contributed by atoms with Crippen molar-refractivity contribution in [3.63, 3.8) is 0 Å². The van der Waals surface area contributed by atoms with Gasteiger partial charge in [-0.25, -0.2) is 9.82 Å². The van der Waals surface area contributed by atoms with Gasteiger partial charge in [-0.05, 0) is 35.4 Å². The molecule has 0 saturated carbocycles. The van der Waals surface area contributed by atoms with Gasteiger partial charge in [0.15, 0.2) is 0 Å². The van der Waals surface area contributed by atoms with Crippen molar-refractivity contribution in [2.75, 3.05) is 0 Å². The Morgan fingerprint density at radius 2 is 1.63 bits per heavy atom. The van der Waals surface area contributed by atoms with Crippen molar-refractivity contribution in [3.05, 3.63) is 65.5 Å². The minimum Gasteiger partial charge on any atom is -0.489 e. The molecular weight excluding hydrogens is 428 g/mol. The second-order valence-electron chi connectivity index (χ2n) is 5.83. The number of nitrogens with one attached hydrogen (secondary N) is 1. The molecule has 0 atom stereocenters. The Morgan fingerprint density at radius 1 is 1.00 bits per heavy atom. The lowest BCUT2D eigenvalue weighted by atomic mass is 10.1. The van der Waals surface area contributed by atoms with Crippen molar-refractivity contribution in [2.45, 2.75) is 24.6 Å². The van der Waals surface area contributed by atoms with E-state index in [1.54, 1.807) is 0 Å². The molecule has 0 aromatic heterocycles. The van der Waals surface area contributed by atoms with Crippen molar-refractivity contribution in [1.82, 2.24) is 5.43 Å². The molecule has 0 unspecified atom stereocenters. The average molecular weight is 440 g/mol. The van der Waals surface area contributed by atoms with E-state index >= 15 is 0 Å². The molecule has 1 amide bonds. The highest BCUT2D eigenvalue weighted by Gasteiger charge is 2.76. The number of hydrogen-bond acceptors (Lipinski definition) is 3. The van der Waals surface area contributed by atoms with Crippen LogP contribution in [0.15, 0.2) is 53.6 Å². The van der Waals surface area contributed by atoms with Crippen LogP contribution in [0.4, 0.5) is 35.1 Å². The Kier molecular flexibility index (Phi) is 6.68. The maximum atomic E-state index is 13.2. The predicted octanol–water partition coefficient (Wildman–Crippen LogP) is 4.69. The summed E-state index contributed by atoms with van der Waals surface area (Å²) >= 11 is 0. The third-order valence-corrected chi connectivity index (χ3v) is 3.59. The van der Waals surface area contributed by atoms with Gasteiger partial charge in [0.05, 0.1) is 6.21 Å². The Hall–Kier alpha value is -3.18. The number of amides is 1.